The molecule has 0 atom stereocenters. The van der Waals surface area contributed by atoms with Crippen LogP contribution in [-0.4, -0.2) is 5.33 Å². The van der Waals surface area contributed by atoms with Crippen LogP contribution in [0.5, 0.6) is 0 Å². The minimum atomic E-state index is 0.260. The van der Waals surface area contributed by atoms with Gasteiger partial charge in [-0.25, -0.2) is 0 Å². The number of halogens is 2. The molecule has 0 spiro atoms. The maximum Gasteiger partial charge on any atom is 0.0440 e. The van der Waals surface area contributed by atoms with Crippen molar-refractivity contribution in [3.05, 3.63) is 34.3 Å². The highest BCUT2D eigenvalue weighted by molar-refractivity contribution is 9.09. The molecule has 14 heavy (non-hydrogen) atoms. The van der Waals surface area contributed by atoms with E-state index in [1.165, 1.54) is 11.1 Å². The van der Waals surface area contributed by atoms with Gasteiger partial charge in [0.1, 0.15) is 0 Å². The van der Waals surface area contributed by atoms with E-state index in [1.54, 1.807) is 0 Å². The maximum absolute atomic E-state index is 6.18. The third kappa shape index (κ3) is 2.99. The van der Waals surface area contributed by atoms with Crippen molar-refractivity contribution in [1.29, 1.82) is 0 Å². The highest BCUT2D eigenvalue weighted by Crippen LogP contribution is 2.29. The molecule has 0 amide bonds. The second-order valence-corrected chi connectivity index (χ2v) is 5.48. The summed E-state index contributed by atoms with van der Waals surface area (Å²) in [5.41, 5.74) is 2.82. The molecule has 0 aliphatic rings. The minimum absolute atomic E-state index is 0.260. The quantitative estimate of drug-likeness (QED) is 0.707. The number of aryl methyl sites for hydroxylation is 1. The van der Waals surface area contributed by atoms with Crippen LogP contribution in [0.15, 0.2) is 18.2 Å². The van der Waals surface area contributed by atoms with Gasteiger partial charge in [-0.2, -0.15) is 0 Å². The highest BCUT2D eigenvalue weighted by atomic mass is 79.9. The lowest BCUT2D eigenvalue weighted by atomic mass is 9.86. The van der Waals surface area contributed by atoms with E-state index in [1.807, 2.05) is 12.1 Å². The number of rotatable bonds is 3. The molecule has 0 nitrogen and oxygen atoms in total. The first-order valence-corrected chi connectivity index (χ1v) is 6.26. The molecule has 0 radical (unpaired) electrons. The molecule has 0 saturated heterocycles. The summed E-state index contributed by atoms with van der Waals surface area (Å²) in [6, 6.07) is 6.09. The molecule has 2 heteroatoms. The molecule has 1 aromatic rings. The molecule has 1 aromatic carbocycles. The van der Waals surface area contributed by atoms with Crippen molar-refractivity contribution in [2.75, 3.05) is 5.33 Å². The van der Waals surface area contributed by atoms with Crippen molar-refractivity contribution in [3.8, 4) is 0 Å². The average Bonchev–Trinajstić information content (AvgIpc) is 2.12. The van der Waals surface area contributed by atoms with Crippen LogP contribution in [0, 0.1) is 12.3 Å². The molecule has 0 fully saturated rings. The van der Waals surface area contributed by atoms with E-state index in [4.69, 9.17) is 11.6 Å². The van der Waals surface area contributed by atoms with Gasteiger partial charge in [-0.1, -0.05) is 53.5 Å². The van der Waals surface area contributed by atoms with E-state index in [0.29, 0.717) is 0 Å². The third-order valence-corrected chi connectivity index (χ3v) is 4.24. The van der Waals surface area contributed by atoms with Crippen molar-refractivity contribution in [3.63, 3.8) is 0 Å². The first kappa shape index (κ1) is 12.1. The van der Waals surface area contributed by atoms with Gasteiger partial charge in [-0.15, -0.1) is 0 Å². The number of hydrogen-bond acceptors (Lipinski definition) is 0. The van der Waals surface area contributed by atoms with Crippen molar-refractivity contribution >= 4 is 27.5 Å². The lowest BCUT2D eigenvalue weighted by Crippen LogP contribution is -2.17. The molecule has 0 aliphatic heterocycles. The van der Waals surface area contributed by atoms with Gasteiger partial charge in [-0.3, -0.25) is 0 Å². The Labute approximate surface area is 99.8 Å². The second kappa shape index (κ2) is 4.67. The van der Waals surface area contributed by atoms with Crippen LogP contribution in [0.25, 0.3) is 0 Å². The van der Waals surface area contributed by atoms with E-state index in [9.17, 15) is 0 Å². The predicted molar refractivity (Wildman–Crippen MR) is 67.5 cm³/mol. The Kier molecular flexibility index (Phi) is 4.03. The van der Waals surface area contributed by atoms with Crippen molar-refractivity contribution < 1.29 is 0 Å². The van der Waals surface area contributed by atoms with E-state index < -0.39 is 0 Å². The molecule has 78 valence electrons. The zero-order chi connectivity index (χ0) is 10.8. The van der Waals surface area contributed by atoms with Gasteiger partial charge in [0.15, 0.2) is 0 Å². The fraction of sp³-hybridized carbons (Fsp3) is 0.500. The zero-order valence-corrected chi connectivity index (χ0v) is 11.2. The summed E-state index contributed by atoms with van der Waals surface area (Å²) in [6.45, 7) is 6.60. The van der Waals surface area contributed by atoms with Gasteiger partial charge in [0.05, 0.1) is 0 Å². The van der Waals surface area contributed by atoms with Crippen LogP contribution in [0.1, 0.15) is 25.0 Å². The average molecular weight is 276 g/mol. The van der Waals surface area contributed by atoms with Crippen LogP contribution in [0.3, 0.4) is 0 Å². The maximum atomic E-state index is 6.18. The Morgan fingerprint density at radius 3 is 2.50 bits per heavy atom. The molecular weight excluding hydrogens is 259 g/mol. The van der Waals surface area contributed by atoms with E-state index >= 15 is 0 Å². The Bertz CT molecular complexity index is 298. The molecule has 0 aromatic heterocycles. The number of benzene rings is 1. The lowest BCUT2D eigenvalue weighted by Gasteiger charge is -2.23. The monoisotopic (exact) mass is 274 g/mol. The summed E-state index contributed by atoms with van der Waals surface area (Å²) >= 11 is 9.71. The fourth-order valence-corrected chi connectivity index (χ4v) is 1.90. The SMILES string of the molecule is Cc1cccc(Cl)c1CC(C)(C)CBr. The fourth-order valence-electron chi connectivity index (χ4n) is 1.42. The van der Waals surface area contributed by atoms with Crippen LogP contribution < -0.4 is 0 Å². The summed E-state index contributed by atoms with van der Waals surface area (Å²) in [4.78, 5) is 0. The molecule has 1 rings (SSSR count). The number of alkyl halides is 1. The summed E-state index contributed by atoms with van der Waals surface area (Å²) in [5, 5.41) is 1.88. The first-order chi connectivity index (χ1) is 6.46. The van der Waals surface area contributed by atoms with Gasteiger partial charge in [0.25, 0.3) is 0 Å². The largest absolute Gasteiger partial charge is 0.0922 e. The van der Waals surface area contributed by atoms with Crippen molar-refractivity contribution in [2.24, 2.45) is 5.41 Å². The van der Waals surface area contributed by atoms with Crippen LogP contribution in [0.2, 0.25) is 5.02 Å². The Balaban J connectivity index is 2.97. The summed E-state index contributed by atoms with van der Waals surface area (Å²) in [7, 11) is 0. The molecule has 0 unspecified atom stereocenters. The second-order valence-electron chi connectivity index (χ2n) is 4.51. The topological polar surface area (TPSA) is 0 Å². The standard InChI is InChI=1S/C12H16BrCl/c1-9-5-4-6-11(14)10(9)7-12(2,3)8-13/h4-6H,7-8H2,1-3H3. The molecule has 0 bridgehead atoms. The van der Waals surface area contributed by atoms with Crippen molar-refractivity contribution in [2.45, 2.75) is 27.2 Å². The van der Waals surface area contributed by atoms with Gasteiger partial charge in [0.2, 0.25) is 0 Å². The Hall–Kier alpha value is -0.0100. The summed E-state index contributed by atoms with van der Waals surface area (Å²) in [6.07, 6.45) is 1.02. The van der Waals surface area contributed by atoms with E-state index in [2.05, 4.69) is 42.8 Å². The highest BCUT2D eigenvalue weighted by Gasteiger charge is 2.19. The van der Waals surface area contributed by atoms with E-state index in [-0.39, 0.29) is 5.41 Å². The number of hydrogen-bond donors (Lipinski definition) is 0. The Morgan fingerprint density at radius 1 is 1.36 bits per heavy atom. The van der Waals surface area contributed by atoms with Gasteiger partial charge in [0, 0.05) is 10.4 Å². The zero-order valence-electron chi connectivity index (χ0n) is 8.90. The van der Waals surface area contributed by atoms with Crippen LogP contribution in [-0.2, 0) is 6.42 Å². The molecule has 0 heterocycles. The molecule has 0 N–H and O–H groups in total. The first-order valence-electron chi connectivity index (χ1n) is 4.76. The third-order valence-electron chi connectivity index (χ3n) is 2.37. The summed E-state index contributed by atoms with van der Waals surface area (Å²) in [5.74, 6) is 0. The molecule has 0 saturated carbocycles. The molecular formula is C12H16BrCl. The summed E-state index contributed by atoms with van der Waals surface area (Å²) < 4.78 is 0. The Morgan fingerprint density at radius 2 is 2.00 bits per heavy atom. The van der Waals surface area contributed by atoms with Crippen LogP contribution in [0.4, 0.5) is 0 Å². The minimum Gasteiger partial charge on any atom is -0.0922 e. The normalized spacial score (nSPS) is 11.8. The molecule has 0 aliphatic carbocycles. The predicted octanol–water partition coefficient (Wildman–Crippen LogP) is 4.61. The van der Waals surface area contributed by atoms with Crippen molar-refractivity contribution in [1.82, 2.24) is 0 Å². The van der Waals surface area contributed by atoms with Gasteiger partial charge in [-0.05, 0) is 36.0 Å². The lowest BCUT2D eigenvalue weighted by molar-refractivity contribution is 0.424. The smallest absolute Gasteiger partial charge is 0.0440 e. The van der Waals surface area contributed by atoms with Gasteiger partial charge < -0.3 is 0 Å². The van der Waals surface area contributed by atoms with Gasteiger partial charge >= 0.3 is 0 Å². The van der Waals surface area contributed by atoms with E-state index in [0.717, 1.165) is 16.8 Å². The van der Waals surface area contributed by atoms with Crippen LogP contribution >= 0.6 is 27.5 Å².